The molecule has 7 heteroatoms. The van der Waals surface area contributed by atoms with Gasteiger partial charge in [-0.15, -0.1) is 0 Å². The SMILES string of the molecule is C[C@@H]1CC(=O)N(C)c2ccccc2N1S(=O)(=O)c1ccc(F)cc1. The molecule has 3 rings (SSSR count). The van der Waals surface area contributed by atoms with Crippen LogP contribution < -0.4 is 9.21 Å². The van der Waals surface area contributed by atoms with Crippen molar-refractivity contribution in [2.45, 2.75) is 24.3 Å². The number of nitrogens with zero attached hydrogens (tertiary/aromatic N) is 2. The van der Waals surface area contributed by atoms with E-state index in [4.69, 9.17) is 0 Å². The van der Waals surface area contributed by atoms with Crippen LogP contribution in [0.3, 0.4) is 0 Å². The van der Waals surface area contributed by atoms with Crippen molar-refractivity contribution in [3.8, 4) is 0 Å². The van der Waals surface area contributed by atoms with Crippen molar-refractivity contribution in [2.24, 2.45) is 0 Å². The number of para-hydroxylation sites is 2. The van der Waals surface area contributed by atoms with Gasteiger partial charge in [-0.25, -0.2) is 12.8 Å². The molecular formula is C17H17FN2O3S. The lowest BCUT2D eigenvalue weighted by molar-refractivity contribution is -0.118. The summed E-state index contributed by atoms with van der Waals surface area (Å²) in [5.74, 6) is -0.667. The van der Waals surface area contributed by atoms with Gasteiger partial charge in [0.05, 0.1) is 22.3 Å². The number of hydrogen-bond acceptors (Lipinski definition) is 3. The minimum absolute atomic E-state index is 0.0115. The number of carbonyl (C=O) groups is 1. The third-order valence-corrected chi connectivity index (χ3v) is 6.04. The molecule has 0 aromatic heterocycles. The van der Waals surface area contributed by atoms with Crippen molar-refractivity contribution in [3.05, 3.63) is 54.3 Å². The molecule has 1 aliphatic rings. The van der Waals surface area contributed by atoms with Gasteiger partial charge in [-0.1, -0.05) is 12.1 Å². The molecular weight excluding hydrogens is 331 g/mol. The van der Waals surface area contributed by atoms with Gasteiger partial charge in [0, 0.05) is 13.5 Å². The molecule has 0 saturated carbocycles. The Labute approximate surface area is 140 Å². The Morgan fingerprint density at radius 3 is 2.25 bits per heavy atom. The van der Waals surface area contributed by atoms with Crippen LogP contribution in [0.25, 0.3) is 0 Å². The standard InChI is InChI=1S/C17H17FN2O3S/c1-12-11-17(21)19(2)15-5-3-4-6-16(15)20(12)24(22,23)14-9-7-13(18)8-10-14/h3-10,12H,11H2,1-2H3/t12-/m1/s1. The van der Waals surface area contributed by atoms with Crippen LogP contribution in [0.1, 0.15) is 13.3 Å². The van der Waals surface area contributed by atoms with E-state index in [0.29, 0.717) is 11.4 Å². The van der Waals surface area contributed by atoms with E-state index < -0.39 is 21.9 Å². The molecule has 1 atom stereocenters. The third-order valence-electron chi connectivity index (χ3n) is 4.10. The number of amides is 1. The van der Waals surface area contributed by atoms with Crippen molar-refractivity contribution in [3.63, 3.8) is 0 Å². The monoisotopic (exact) mass is 348 g/mol. The molecule has 5 nitrogen and oxygen atoms in total. The van der Waals surface area contributed by atoms with Crippen LogP contribution in [-0.4, -0.2) is 27.4 Å². The van der Waals surface area contributed by atoms with E-state index in [9.17, 15) is 17.6 Å². The Morgan fingerprint density at radius 2 is 1.62 bits per heavy atom. The second kappa shape index (κ2) is 5.90. The fourth-order valence-corrected chi connectivity index (χ4v) is 4.53. The Morgan fingerprint density at radius 1 is 1.04 bits per heavy atom. The quantitative estimate of drug-likeness (QED) is 0.838. The molecule has 0 aliphatic carbocycles. The van der Waals surface area contributed by atoms with Gasteiger partial charge in [-0.3, -0.25) is 9.10 Å². The highest BCUT2D eigenvalue weighted by Crippen LogP contribution is 2.37. The molecule has 0 unspecified atom stereocenters. The summed E-state index contributed by atoms with van der Waals surface area (Å²) in [4.78, 5) is 13.7. The van der Waals surface area contributed by atoms with Gasteiger partial charge in [-0.2, -0.15) is 0 Å². The average molecular weight is 348 g/mol. The first-order valence-corrected chi connectivity index (χ1v) is 8.92. The molecule has 0 saturated heterocycles. The largest absolute Gasteiger partial charge is 0.313 e. The molecule has 0 radical (unpaired) electrons. The summed E-state index contributed by atoms with van der Waals surface area (Å²) in [6, 6.07) is 11.0. The molecule has 2 aromatic rings. The summed E-state index contributed by atoms with van der Waals surface area (Å²) in [5, 5.41) is 0. The molecule has 126 valence electrons. The lowest BCUT2D eigenvalue weighted by Gasteiger charge is -2.29. The smallest absolute Gasteiger partial charge is 0.264 e. The molecule has 1 heterocycles. The lowest BCUT2D eigenvalue weighted by Crippen LogP contribution is -2.39. The maximum absolute atomic E-state index is 13.1. The van der Waals surface area contributed by atoms with Gasteiger partial charge in [-0.05, 0) is 43.3 Å². The fraction of sp³-hybridized carbons (Fsp3) is 0.235. The Balaban J connectivity index is 2.20. The molecule has 24 heavy (non-hydrogen) atoms. The van der Waals surface area contributed by atoms with Crippen LogP contribution in [0.2, 0.25) is 0 Å². The Bertz CT molecular complexity index is 881. The number of hydrogen-bond donors (Lipinski definition) is 0. The second-order valence-corrected chi connectivity index (χ2v) is 7.56. The van der Waals surface area contributed by atoms with Gasteiger partial charge in [0.2, 0.25) is 5.91 Å². The first-order chi connectivity index (χ1) is 11.3. The van der Waals surface area contributed by atoms with Crippen LogP contribution in [0.15, 0.2) is 53.4 Å². The van der Waals surface area contributed by atoms with E-state index in [0.717, 1.165) is 12.1 Å². The summed E-state index contributed by atoms with van der Waals surface area (Å²) in [5.41, 5.74) is 0.959. The predicted molar refractivity (Wildman–Crippen MR) is 90.0 cm³/mol. The highest BCUT2D eigenvalue weighted by atomic mass is 32.2. The second-order valence-electron chi connectivity index (χ2n) is 5.75. The minimum Gasteiger partial charge on any atom is -0.313 e. The van der Waals surface area contributed by atoms with Crippen LogP contribution in [-0.2, 0) is 14.8 Å². The maximum Gasteiger partial charge on any atom is 0.264 e. The number of rotatable bonds is 2. The van der Waals surface area contributed by atoms with Crippen molar-refractivity contribution >= 4 is 27.3 Å². The van der Waals surface area contributed by atoms with Gasteiger partial charge >= 0.3 is 0 Å². The van der Waals surface area contributed by atoms with E-state index in [2.05, 4.69) is 0 Å². The maximum atomic E-state index is 13.1. The van der Waals surface area contributed by atoms with Crippen LogP contribution in [0, 0.1) is 5.82 Å². The fourth-order valence-electron chi connectivity index (χ4n) is 2.86. The average Bonchev–Trinajstić information content (AvgIpc) is 2.63. The molecule has 0 fully saturated rings. The zero-order chi connectivity index (χ0) is 17.5. The van der Waals surface area contributed by atoms with Crippen molar-refractivity contribution in [1.29, 1.82) is 0 Å². The van der Waals surface area contributed by atoms with E-state index in [-0.39, 0.29) is 17.2 Å². The van der Waals surface area contributed by atoms with Gasteiger partial charge in [0.1, 0.15) is 5.82 Å². The van der Waals surface area contributed by atoms with Crippen LogP contribution >= 0.6 is 0 Å². The van der Waals surface area contributed by atoms with E-state index in [1.807, 2.05) is 0 Å². The number of fused-ring (bicyclic) bond motifs is 1. The van der Waals surface area contributed by atoms with Crippen molar-refractivity contribution < 1.29 is 17.6 Å². The number of anilines is 2. The molecule has 0 bridgehead atoms. The first kappa shape index (κ1) is 16.4. The van der Waals surface area contributed by atoms with Crippen molar-refractivity contribution in [1.82, 2.24) is 0 Å². The minimum atomic E-state index is -3.92. The summed E-state index contributed by atoms with van der Waals surface area (Å²) in [6.45, 7) is 1.69. The summed E-state index contributed by atoms with van der Waals surface area (Å²) >= 11 is 0. The third kappa shape index (κ3) is 2.65. The molecule has 2 aromatic carbocycles. The Hall–Kier alpha value is -2.41. The summed E-state index contributed by atoms with van der Waals surface area (Å²) in [7, 11) is -2.30. The van der Waals surface area contributed by atoms with Crippen LogP contribution in [0.5, 0.6) is 0 Å². The van der Waals surface area contributed by atoms with E-state index in [1.54, 1.807) is 38.2 Å². The number of sulfonamides is 1. The van der Waals surface area contributed by atoms with E-state index >= 15 is 0 Å². The predicted octanol–water partition coefficient (Wildman–Crippen LogP) is 2.78. The highest BCUT2D eigenvalue weighted by Gasteiger charge is 2.36. The summed E-state index contributed by atoms with van der Waals surface area (Å²) in [6.07, 6.45) is 0.0611. The first-order valence-electron chi connectivity index (χ1n) is 7.48. The lowest BCUT2D eigenvalue weighted by atomic mass is 10.2. The van der Waals surface area contributed by atoms with Gasteiger partial charge in [0.25, 0.3) is 10.0 Å². The summed E-state index contributed by atoms with van der Waals surface area (Å²) < 4.78 is 40.6. The number of carbonyl (C=O) groups excluding carboxylic acids is 1. The number of halogens is 1. The molecule has 1 amide bonds. The number of benzene rings is 2. The molecule has 1 aliphatic heterocycles. The van der Waals surface area contributed by atoms with E-state index in [1.165, 1.54) is 21.3 Å². The zero-order valence-electron chi connectivity index (χ0n) is 13.3. The van der Waals surface area contributed by atoms with Gasteiger partial charge < -0.3 is 4.90 Å². The van der Waals surface area contributed by atoms with Crippen molar-refractivity contribution in [2.75, 3.05) is 16.3 Å². The normalized spacial score (nSPS) is 18.3. The zero-order valence-corrected chi connectivity index (χ0v) is 14.1. The molecule has 0 N–H and O–H groups in total. The molecule has 0 spiro atoms. The topological polar surface area (TPSA) is 57.7 Å². The Kier molecular flexibility index (Phi) is 4.04. The van der Waals surface area contributed by atoms with Crippen LogP contribution in [0.4, 0.5) is 15.8 Å². The highest BCUT2D eigenvalue weighted by molar-refractivity contribution is 7.92. The van der Waals surface area contributed by atoms with Gasteiger partial charge in [0.15, 0.2) is 0 Å².